The van der Waals surface area contributed by atoms with E-state index in [4.69, 9.17) is 9.47 Å². The zero-order valence-electron chi connectivity index (χ0n) is 13.0. The van der Waals surface area contributed by atoms with Gasteiger partial charge in [0.1, 0.15) is 0 Å². The van der Waals surface area contributed by atoms with Crippen LogP contribution in [0.15, 0.2) is 30.3 Å². The van der Waals surface area contributed by atoms with Crippen LogP contribution in [-0.4, -0.2) is 48.0 Å². The average Bonchev–Trinajstić information content (AvgIpc) is 3.20. The van der Waals surface area contributed by atoms with Gasteiger partial charge in [-0.3, -0.25) is 0 Å². The SMILES string of the molecule is O=C(NCc1cc2ccccc2[nH]1)N1CCC2(CC1)OCCO2. The monoisotopic (exact) mass is 315 g/mol. The van der Waals surface area contributed by atoms with Gasteiger partial charge in [0.2, 0.25) is 0 Å². The van der Waals surface area contributed by atoms with Crippen molar-refractivity contribution in [2.24, 2.45) is 0 Å². The van der Waals surface area contributed by atoms with Gasteiger partial charge in [0.05, 0.1) is 19.8 Å². The van der Waals surface area contributed by atoms with E-state index in [0.717, 1.165) is 29.4 Å². The molecule has 2 amide bonds. The maximum absolute atomic E-state index is 12.3. The number of benzene rings is 1. The number of rotatable bonds is 2. The maximum Gasteiger partial charge on any atom is 0.317 e. The number of amides is 2. The minimum Gasteiger partial charge on any atom is -0.357 e. The summed E-state index contributed by atoms with van der Waals surface area (Å²) in [4.78, 5) is 17.5. The Hall–Kier alpha value is -2.05. The number of hydrogen-bond acceptors (Lipinski definition) is 3. The third kappa shape index (κ3) is 2.92. The Bertz CT molecular complexity index is 663. The molecule has 0 bridgehead atoms. The number of carbonyl (C=O) groups excluding carboxylic acids is 1. The first-order valence-electron chi connectivity index (χ1n) is 8.11. The van der Waals surface area contributed by atoms with Crippen LogP contribution >= 0.6 is 0 Å². The van der Waals surface area contributed by atoms with Crippen LogP contribution in [0.25, 0.3) is 10.9 Å². The van der Waals surface area contributed by atoms with Gasteiger partial charge in [-0.2, -0.15) is 0 Å². The molecule has 2 aromatic rings. The highest BCUT2D eigenvalue weighted by atomic mass is 16.7. The van der Waals surface area contributed by atoms with E-state index >= 15 is 0 Å². The van der Waals surface area contributed by atoms with Crippen molar-refractivity contribution in [2.45, 2.75) is 25.2 Å². The predicted molar refractivity (Wildman–Crippen MR) is 86.0 cm³/mol. The summed E-state index contributed by atoms with van der Waals surface area (Å²) in [6.45, 7) is 3.15. The van der Waals surface area contributed by atoms with Crippen molar-refractivity contribution in [1.82, 2.24) is 15.2 Å². The van der Waals surface area contributed by atoms with Crippen molar-refractivity contribution >= 4 is 16.9 Å². The molecule has 2 saturated heterocycles. The molecule has 2 N–H and O–H groups in total. The van der Waals surface area contributed by atoms with Crippen LogP contribution in [0.5, 0.6) is 0 Å². The third-order valence-corrected chi connectivity index (χ3v) is 4.64. The Morgan fingerprint density at radius 1 is 1.22 bits per heavy atom. The molecule has 6 heteroatoms. The Morgan fingerprint density at radius 2 is 1.96 bits per heavy atom. The van der Waals surface area contributed by atoms with Crippen molar-refractivity contribution in [3.05, 3.63) is 36.0 Å². The summed E-state index contributed by atoms with van der Waals surface area (Å²) in [5.74, 6) is -0.437. The fourth-order valence-electron chi connectivity index (χ4n) is 3.35. The van der Waals surface area contributed by atoms with E-state index in [0.29, 0.717) is 32.8 Å². The first kappa shape index (κ1) is 14.5. The Morgan fingerprint density at radius 3 is 2.70 bits per heavy atom. The summed E-state index contributed by atoms with van der Waals surface area (Å²) in [6, 6.07) is 10.1. The molecule has 1 spiro atoms. The van der Waals surface area contributed by atoms with Gasteiger partial charge in [0, 0.05) is 37.1 Å². The second-order valence-electron chi connectivity index (χ2n) is 6.14. The molecule has 23 heavy (non-hydrogen) atoms. The molecule has 1 aromatic carbocycles. The number of aromatic nitrogens is 1. The highest BCUT2D eigenvalue weighted by Gasteiger charge is 2.40. The predicted octanol–water partition coefficient (Wildman–Crippen LogP) is 2.22. The Labute approximate surface area is 134 Å². The molecule has 6 nitrogen and oxygen atoms in total. The smallest absolute Gasteiger partial charge is 0.317 e. The number of hydrogen-bond donors (Lipinski definition) is 2. The number of fused-ring (bicyclic) bond motifs is 1. The number of piperidine rings is 1. The number of aromatic amines is 1. The molecule has 0 saturated carbocycles. The summed E-state index contributed by atoms with van der Waals surface area (Å²) in [5, 5.41) is 4.14. The molecule has 1 aromatic heterocycles. The van der Waals surface area contributed by atoms with Crippen molar-refractivity contribution in [1.29, 1.82) is 0 Å². The second kappa shape index (κ2) is 5.86. The minimum atomic E-state index is -0.437. The van der Waals surface area contributed by atoms with Crippen LogP contribution in [-0.2, 0) is 16.0 Å². The molecule has 2 aliphatic rings. The molecule has 0 atom stereocenters. The molecular weight excluding hydrogens is 294 g/mol. The van der Waals surface area contributed by atoms with Crippen LogP contribution in [0.4, 0.5) is 4.79 Å². The van der Waals surface area contributed by atoms with E-state index in [1.54, 1.807) is 0 Å². The summed E-state index contributed by atoms with van der Waals surface area (Å²) >= 11 is 0. The van der Waals surface area contributed by atoms with Crippen molar-refractivity contribution in [2.75, 3.05) is 26.3 Å². The number of nitrogens with one attached hydrogen (secondary N) is 2. The Kier molecular flexibility index (Phi) is 3.71. The number of carbonyl (C=O) groups is 1. The molecule has 0 aliphatic carbocycles. The third-order valence-electron chi connectivity index (χ3n) is 4.64. The average molecular weight is 315 g/mol. The van der Waals surface area contributed by atoms with Crippen LogP contribution < -0.4 is 5.32 Å². The van der Waals surface area contributed by atoms with Gasteiger partial charge >= 0.3 is 6.03 Å². The van der Waals surface area contributed by atoms with Gasteiger partial charge in [0.25, 0.3) is 0 Å². The summed E-state index contributed by atoms with van der Waals surface area (Å²) in [5.41, 5.74) is 2.10. The normalized spacial score (nSPS) is 20.3. The summed E-state index contributed by atoms with van der Waals surface area (Å²) < 4.78 is 11.4. The number of para-hydroxylation sites is 1. The van der Waals surface area contributed by atoms with Gasteiger partial charge in [-0.25, -0.2) is 4.79 Å². The fraction of sp³-hybridized carbons (Fsp3) is 0.471. The topological polar surface area (TPSA) is 66.6 Å². The number of ether oxygens (including phenoxy) is 2. The maximum atomic E-state index is 12.3. The lowest BCUT2D eigenvalue weighted by Crippen LogP contribution is -2.50. The molecular formula is C17H21N3O3. The lowest BCUT2D eigenvalue weighted by molar-refractivity contribution is -0.181. The highest BCUT2D eigenvalue weighted by molar-refractivity contribution is 5.80. The second-order valence-corrected chi connectivity index (χ2v) is 6.14. The first-order chi connectivity index (χ1) is 11.2. The first-order valence-corrected chi connectivity index (χ1v) is 8.11. The lowest BCUT2D eigenvalue weighted by atomic mass is 10.0. The van der Waals surface area contributed by atoms with E-state index in [9.17, 15) is 4.79 Å². The number of likely N-dealkylation sites (tertiary alicyclic amines) is 1. The molecule has 3 heterocycles. The highest BCUT2D eigenvalue weighted by Crippen LogP contribution is 2.31. The van der Waals surface area contributed by atoms with Crippen molar-refractivity contribution in [3.63, 3.8) is 0 Å². The molecule has 0 radical (unpaired) electrons. The van der Waals surface area contributed by atoms with E-state index in [1.165, 1.54) is 0 Å². The molecule has 2 aliphatic heterocycles. The summed E-state index contributed by atoms with van der Waals surface area (Å²) in [7, 11) is 0. The van der Waals surface area contributed by atoms with Gasteiger partial charge < -0.3 is 24.7 Å². The van der Waals surface area contributed by atoms with E-state index in [-0.39, 0.29) is 6.03 Å². The zero-order chi connectivity index (χ0) is 15.7. The fourth-order valence-corrected chi connectivity index (χ4v) is 3.35. The van der Waals surface area contributed by atoms with E-state index < -0.39 is 5.79 Å². The van der Waals surface area contributed by atoms with Crippen LogP contribution in [0, 0.1) is 0 Å². The van der Waals surface area contributed by atoms with Crippen molar-refractivity contribution < 1.29 is 14.3 Å². The molecule has 4 rings (SSSR count). The van der Waals surface area contributed by atoms with Crippen molar-refractivity contribution in [3.8, 4) is 0 Å². The van der Waals surface area contributed by atoms with Gasteiger partial charge in [-0.15, -0.1) is 0 Å². The van der Waals surface area contributed by atoms with Crippen LogP contribution in [0.3, 0.4) is 0 Å². The standard InChI is InChI=1S/C17H21N3O3/c21-16(20-7-5-17(6-8-20)22-9-10-23-17)18-12-14-11-13-3-1-2-4-15(13)19-14/h1-4,11,19H,5-10,12H2,(H,18,21). The van der Waals surface area contributed by atoms with Gasteiger partial charge in [0.15, 0.2) is 5.79 Å². The lowest BCUT2D eigenvalue weighted by Gasteiger charge is -2.37. The number of nitrogens with zero attached hydrogens (tertiary/aromatic N) is 1. The molecule has 2 fully saturated rings. The zero-order valence-corrected chi connectivity index (χ0v) is 13.0. The van der Waals surface area contributed by atoms with Crippen LogP contribution in [0.2, 0.25) is 0 Å². The van der Waals surface area contributed by atoms with E-state index in [2.05, 4.69) is 22.4 Å². The van der Waals surface area contributed by atoms with Crippen LogP contribution in [0.1, 0.15) is 18.5 Å². The quantitative estimate of drug-likeness (QED) is 0.893. The van der Waals surface area contributed by atoms with E-state index in [1.807, 2.05) is 23.1 Å². The minimum absolute atomic E-state index is 0.0310. The largest absolute Gasteiger partial charge is 0.357 e. The van der Waals surface area contributed by atoms with Gasteiger partial charge in [-0.05, 0) is 17.5 Å². The number of H-pyrrole nitrogens is 1. The summed E-state index contributed by atoms with van der Waals surface area (Å²) in [6.07, 6.45) is 1.49. The molecule has 0 unspecified atom stereocenters. The molecule has 122 valence electrons. The van der Waals surface area contributed by atoms with Gasteiger partial charge in [-0.1, -0.05) is 18.2 Å². The number of urea groups is 1. The Balaban J connectivity index is 1.32.